The molecular weight excluding hydrogens is 250 g/mol. The highest BCUT2D eigenvalue weighted by molar-refractivity contribution is 5.42. The maximum Gasteiger partial charge on any atom is 0.258 e. The zero-order valence-electron chi connectivity index (χ0n) is 11.3. The lowest BCUT2D eigenvalue weighted by Crippen LogP contribution is -2.47. The van der Waals surface area contributed by atoms with E-state index in [1.807, 2.05) is 4.90 Å². The van der Waals surface area contributed by atoms with Gasteiger partial charge in [-0.05, 0) is 42.7 Å². The van der Waals surface area contributed by atoms with Gasteiger partial charge in [0, 0.05) is 26.2 Å². The molecule has 1 aliphatic rings. The average molecular weight is 270 g/mol. The van der Waals surface area contributed by atoms with E-state index in [9.17, 15) is 13.9 Å². The van der Waals surface area contributed by atoms with Crippen LogP contribution in [-0.4, -0.2) is 42.6 Å². The molecule has 1 atom stereocenters. The van der Waals surface area contributed by atoms with Crippen LogP contribution in [0, 0.1) is 13.8 Å². The number of hydrogen-bond donors (Lipinski definition) is 2. The highest BCUT2D eigenvalue weighted by Gasteiger charge is 2.32. The van der Waals surface area contributed by atoms with E-state index in [4.69, 9.17) is 0 Å². The molecule has 1 aliphatic heterocycles. The van der Waals surface area contributed by atoms with Gasteiger partial charge < -0.3 is 10.4 Å². The summed E-state index contributed by atoms with van der Waals surface area (Å²) < 4.78 is 27.0. The van der Waals surface area contributed by atoms with Gasteiger partial charge in [-0.2, -0.15) is 0 Å². The normalized spacial score (nSPS) is 18.8. The molecule has 0 spiro atoms. The summed E-state index contributed by atoms with van der Waals surface area (Å²) in [7, 11) is 0. The Hall–Kier alpha value is -1.20. The molecule has 2 N–H and O–H groups in total. The van der Waals surface area contributed by atoms with E-state index >= 15 is 0 Å². The van der Waals surface area contributed by atoms with Crippen LogP contribution in [0.2, 0.25) is 0 Å². The maximum absolute atomic E-state index is 13.5. The predicted molar refractivity (Wildman–Crippen MR) is 70.8 cm³/mol. The fourth-order valence-electron chi connectivity index (χ4n) is 2.85. The zero-order valence-corrected chi connectivity index (χ0v) is 11.3. The first-order valence-electron chi connectivity index (χ1n) is 6.53. The summed E-state index contributed by atoms with van der Waals surface area (Å²) in [4.78, 5) is 1.83. The van der Waals surface area contributed by atoms with E-state index in [-0.39, 0.29) is 5.75 Å². The molecule has 1 aromatic rings. The lowest BCUT2D eigenvalue weighted by Gasteiger charge is -2.36. The summed E-state index contributed by atoms with van der Waals surface area (Å²) in [6.45, 7) is 6.27. The SMILES string of the molecule is Cc1cc(O)cc(C)c1[C@@H](C(F)F)N1CCNCC1. The van der Waals surface area contributed by atoms with Crippen molar-refractivity contribution in [2.24, 2.45) is 0 Å². The van der Waals surface area contributed by atoms with Gasteiger partial charge in [-0.15, -0.1) is 0 Å². The number of aromatic hydroxyl groups is 1. The Balaban J connectivity index is 2.38. The monoisotopic (exact) mass is 270 g/mol. The van der Waals surface area contributed by atoms with Crippen LogP contribution in [0.4, 0.5) is 8.78 Å². The Bertz CT molecular complexity index is 422. The summed E-state index contributed by atoms with van der Waals surface area (Å²) in [5.41, 5.74) is 2.09. The van der Waals surface area contributed by atoms with Gasteiger partial charge in [0.15, 0.2) is 0 Å². The minimum Gasteiger partial charge on any atom is -0.508 e. The van der Waals surface area contributed by atoms with Crippen LogP contribution in [-0.2, 0) is 0 Å². The molecule has 1 saturated heterocycles. The minimum atomic E-state index is -2.43. The third-order valence-electron chi connectivity index (χ3n) is 3.66. The van der Waals surface area contributed by atoms with Crippen LogP contribution in [0.25, 0.3) is 0 Å². The fourth-order valence-corrected chi connectivity index (χ4v) is 2.85. The van der Waals surface area contributed by atoms with Crippen LogP contribution in [0.1, 0.15) is 22.7 Å². The van der Waals surface area contributed by atoms with E-state index in [0.29, 0.717) is 18.7 Å². The minimum absolute atomic E-state index is 0.132. The highest BCUT2D eigenvalue weighted by atomic mass is 19.3. The van der Waals surface area contributed by atoms with E-state index in [1.54, 1.807) is 26.0 Å². The Morgan fingerprint density at radius 3 is 2.16 bits per heavy atom. The van der Waals surface area contributed by atoms with Crippen molar-refractivity contribution in [2.75, 3.05) is 26.2 Å². The van der Waals surface area contributed by atoms with Gasteiger partial charge in [0.05, 0.1) is 6.04 Å². The smallest absolute Gasteiger partial charge is 0.258 e. The standard InChI is InChI=1S/C14H20F2N2O/c1-9-7-11(19)8-10(2)12(9)13(14(15)16)18-5-3-17-4-6-18/h7-8,13-14,17,19H,3-6H2,1-2H3/t13-/m0/s1. The van der Waals surface area contributed by atoms with Crippen LogP contribution in [0.3, 0.4) is 0 Å². The third kappa shape index (κ3) is 3.04. The Morgan fingerprint density at radius 1 is 1.16 bits per heavy atom. The lowest BCUT2D eigenvalue weighted by atomic mass is 9.94. The van der Waals surface area contributed by atoms with Gasteiger partial charge in [-0.1, -0.05) is 0 Å². The molecule has 106 valence electrons. The number of rotatable bonds is 3. The molecule has 19 heavy (non-hydrogen) atoms. The lowest BCUT2D eigenvalue weighted by molar-refractivity contribution is 0.0175. The number of aryl methyl sites for hydroxylation is 2. The number of piperazine rings is 1. The first-order valence-corrected chi connectivity index (χ1v) is 6.53. The summed E-state index contributed by atoms with van der Waals surface area (Å²) in [6, 6.07) is 2.22. The maximum atomic E-state index is 13.5. The Labute approximate surface area is 112 Å². The van der Waals surface area contributed by atoms with Gasteiger partial charge in [-0.3, -0.25) is 4.90 Å². The van der Waals surface area contributed by atoms with Crippen LogP contribution in [0.15, 0.2) is 12.1 Å². The topological polar surface area (TPSA) is 35.5 Å². The first kappa shape index (κ1) is 14.2. The second-order valence-electron chi connectivity index (χ2n) is 5.06. The molecule has 0 aromatic heterocycles. The Morgan fingerprint density at radius 2 is 1.68 bits per heavy atom. The number of nitrogens with zero attached hydrogens (tertiary/aromatic N) is 1. The number of phenols is 1. The van der Waals surface area contributed by atoms with E-state index < -0.39 is 12.5 Å². The number of alkyl halides is 2. The Kier molecular flexibility index (Phi) is 4.37. The second kappa shape index (κ2) is 5.84. The molecule has 1 fully saturated rings. The molecule has 5 heteroatoms. The van der Waals surface area contributed by atoms with Gasteiger partial charge in [0.1, 0.15) is 5.75 Å². The number of benzene rings is 1. The molecule has 0 saturated carbocycles. The fraction of sp³-hybridized carbons (Fsp3) is 0.571. The number of phenolic OH excluding ortho intramolecular Hbond substituents is 1. The second-order valence-corrected chi connectivity index (χ2v) is 5.06. The third-order valence-corrected chi connectivity index (χ3v) is 3.66. The highest BCUT2D eigenvalue weighted by Crippen LogP contribution is 2.34. The molecule has 2 rings (SSSR count). The van der Waals surface area contributed by atoms with Crippen molar-refractivity contribution in [1.29, 1.82) is 0 Å². The largest absolute Gasteiger partial charge is 0.508 e. The zero-order chi connectivity index (χ0) is 14.0. The van der Waals surface area contributed by atoms with Gasteiger partial charge >= 0.3 is 0 Å². The van der Waals surface area contributed by atoms with E-state index in [2.05, 4.69) is 5.32 Å². The number of halogens is 2. The molecule has 3 nitrogen and oxygen atoms in total. The number of nitrogens with one attached hydrogen (secondary N) is 1. The molecule has 0 bridgehead atoms. The average Bonchev–Trinajstić information content (AvgIpc) is 2.34. The van der Waals surface area contributed by atoms with Gasteiger partial charge in [0.2, 0.25) is 0 Å². The van der Waals surface area contributed by atoms with Crippen molar-refractivity contribution >= 4 is 0 Å². The van der Waals surface area contributed by atoms with Crippen molar-refractivity contribution in [3.63, 3.8) is 0 Å². The number of hydrogen-bond acceptors (Lipinski definition) is 3. The van der Waals surface area contributed by atoms with Crippen LogP contribution < -0.4 is 5.32 Å². The molecule has 1 aromatic carbocycles. The molecule has 0 radical (unpaired) electrons. The van der Waals surface area contributed by atoms with Crippen molar-refractivity contribution in [1.82, 2.24) is 10.2 Å². The van der Waals surface area contributed by atoms with Crippen LogP contribution >= 0.6 is 0 Å². The van der Waals surface area contributed by atoms with E-state index in [0.717, 1.165) is 24.2 Å². The van der Waals surface area contributed by atoms with Gasteiger partial charge in [0.25, 0.3) is 6.43 Å². The molecular formula is C14H20F2N2O. The summed E-state index contributed by atoms with van der Waals surface area (Å²) in [5, 5.41) is 12.7. The van der Waals surface area contributed by atoms with Crippen molar-refractivity contribution in [2.45, 2.75) is 26.3 Å². The van der Waals surface area contributed by atoms with Crippen molar-refractivity contribution in [3.05, 3.63) is 28.8 Å². The first-order chi connectivity index (χ1) is 9.00. The summed E-state index contributed by atoms with van der Waals surface area (Å²) >= 11 is 0. The molecule has 1 heterocycles. The predicted octanol–water partition coefficient (Wildman–Crippen LogP) is 2.22. The van der Waals surface area contributed by atoms with Gasteiger partial charge in [-0.25, -0.2) is 8.78 Å². The van der Waals surface area contributed by atoms with Crippen molar-refractivity contribution < 1.29 is 13.9 Å². The molecule has 0 amide bonds. The summed E-state index contributed by atoms with van der Waals surface area (Å²) in [6.07, 6.45) is -2.43. The molecule has 0 unspecified atom stereocenters. The van der Waals surface area contributed by atoms with Crippen molar-refractivity contribution in [3.8, 4) is 5.75 Å². The van der Waals surface area contributed by atoms with E-state index in [1.165, 1.54) is 0 Å². The summed E-state index contributed by atoms with van der Waals surface area (Å²) in [5.74, 6) is 0.132. The van der Waals surface area contributed by atoms with Crippen LogP contribution in [0.5, 0.6) is 5.75 Å². The molecule has 0 aliphatic carbocycles. The quantitative estimate of drug-likeness (QED) is 0.884.